The van der Waals surface area contributed by atoms with Crippen LogP contribution in [0.25, 0.3) is 0 Å². The maximum absolute atomic E-state index is 12.4. The zero-order valence-electron chi connectivity index (χ0n) is 5.56. The van der Waals surface area contributed by atoms with Gasteiger partial charge in [0.05, 0.1) is 0 Å². The van der Waals surface area contributed by atoms with Crippen LogP contribution in [0.3, 0.4) is 0 Å². The van der Waals surface area contributed by atoms with E-state index in [1.54, 1.807) is 13.0 Å². The van der Waals surface area contributed by atoms with Gasteiger partial charge in [-0.15, -0.1) is 6.42 Å². The summed E-state index contributed by atoms with van der Waals surface area (Å²) >= 11 is 0. The van der Waals surface area contributed by atoms with Crippen LogP contribution in [0.2, 0.25) is 0 Å². The molecule has 0 N–H and O–H groups in total. The van der Waals surface area contributed by atoms with Crippen LogP contribution in [0.15, 0.2) is 12.1 Å². The number of pyridine rings is 1. The number of hydrogen-bond acceptors (Lipinski definition) is 1. The number of terminal acetylenes is 1. The van der Waals surface area contributed by atoms with Gasteiger partial charge in [-0.3, -0.25) is 0 Å². The van der Waals surface area contributed by atoms with Gasteiger partial charge in [0.25, 0.3) is 0 Å². The molecule has 0 saturated heterocycles. The summed E-state index contributed by atoms with van der Waals surface area (Å²) in [5, 5.41) is 0. The molecule has 2 heteroatoms. The minimum Gasteiger partial charge on any atom is -0.211 e. The van der Waals surface area contributed by atoms with Gasteiger partial charge in [-0.25, -0.2) is 4.98 Å². The summed E-state index contributed by atoms with van der Waals surface area (Å²) in [6.45, 7) is 1.77. The van der Waals surface area contributed by atoms with E-state index >= 15 is 0 Å². The van der Waals surface area contributed by atoms with Gasteiger partial charge in [0.1, 0.15) is 5.69 Å². The number of aromatic nitrogens is 1. The largest absolute Gasteiger partial charge is 0.214 e. The molecule has 0 amide bonds. The van der Waals surface area contributed by atoms with Gasteiger partial charge in [-0.1, -0.05) is 5.92 Å². The predicted molar refractivity (Wildman–Crippen MR) is 36.9 cm³/mol. The Hall–Kier alpha value is -1.36. The number of hydrogen-bond donors (Lipinski definition) is 0. The molecule has 1 aromatic heterocycles. The molecule has 0 unspecified atom stereocenters. The van der Waals surface area contributed by atoms with Crippen molar-refractivity contribution in [2.75, 3.05) is 0 Å². The summed E-state index contributed by atoms with van der Waals surface area (Å²) in [5.41, 5.74) is 1.14. The highest BCUT2D eigenvalue weighted by atomic mass is 19.1. The standard InChI is InChI=1S/C8H6FN/c1-3-7-4-6(2)5-8(9)10-7/h1,4-5H,2H3. The highest BCUT2D eigenvalue weighted by Crippen LogP contribution is 2.01. The molecule has 0 aliphatic rings. The first-order valence-corrected chi connectivity index (χ1v) is 2.83. The smallest absolute Gasteiger partial charge is 0.211 e. The van der Waals surface area contributed by atoms with Crippen molar-refractivity contribution < 1.29 is 4.39 Å². The van der Waals surface area contributed by atoms with Crippen molar-refractivity contribution in [1.82, 2.24) is 4.98 Å². The maximum Gasteiger partial charge on any atom is 0.214 e. The highest BCUT2D eigenvalue weighted by molar-refractivity contribution is 5.27. The van der Waals surface area contributed by atoms with Gasteiger partial charge < -0.3 is 0 Å². The summed E-state index contributed by atoms with van der Waals surface area (Å²) in [7, 11) is 0. The summed E-state index contributed by atoms with van der Waals surface area (Å²) in [4.78, 5) is 3.45. The molecule has 0 fully saturated rings. The van der Waals surface area contributed by atoms with Crippen molar-refractivity contribution in [2.24, 2.45) is 0 Å². The molecule has 0 radical (unpaired) electrons. The SMILES string of the molecule is C#Cc1cc(C)cc(F)n1. The molecule has 0 aliphatic carbocycles. The second kappa shape index (κ2) is 2.49. The average molecular weight is 135 g/mol. The van der Waals surface area contributed by atoms with Gasteiger partial charge >= 0.3 is 0 Å². The van der Waals surface area contributed by atoms with Crippen molar-refractivity contribution in [1.29, 1.82) is 0 Å². The minimum absolute atomic E-state index is 0.345. The van der Waals surface area contributed by atoms with E-state index < -0.39 is 5.95 Å². The number of rotatable bonds is 0. The summed E-state index contributed by atoms with van der Waals surface area (Å²) in [6, 6.07) is 2.99. The molecule has 1 rings (SSSR count). The Kier molecular flexibility index (Phi) is 1.68. The van der Waals surface area contributed by atoms with E-state index in [-0.39, 0.29) is 0 Å². The van der Waals surface area contributed by atoms with Crippen LogP contribution >= 0.6 is 0 Å². The Morgan fingerprint density at radius 3 is 2.80 bits per heavy atom. The molecule has 0 aromatic carbocycles. The van der Waals surface area contributed by atoms with Gasteiger partial charge in [-0.05, 0) is 24.6 Å². The fourth-order valence-corrected chi connectivity index (χ4v) is 0.699. The molecule has 10 heavy (non-hydrogen) atoms. The third kappa shape index (κ3) is 1.32. The fraction of sp³-hybridized carbons (Fsp3) is 0.125. The van der Waals surface area contributed by atoms with Crippen molar-refractivity contribution in [3.05, 3.63) is 29.3 Å². The topological polar surface area (TPSA) is 12.9 Å². The van der Waals surface area contributed by atoms with Crippen LogP contribution in [0, 0.1) is 25.2 Å². The predicted octanol–water partition coefficient (Wildman–Crippen LogP) is 1.51. The highest BCUT2D eigenvalue weighted by Gasteiger charge is 1.94. The second-order valence-corrected chi connectivity index (χ2v) is 2.00. The van der Waals surface area contributed by atoms with E-state index in [0.717, 1.165) is 5.56 Å². The van der Waals surface area contributed by atoms with Crippen LogP contribution in [-0.4, -0.2) is 4.98 Å². The van der Waals surface area contributed by atoms with Gasteiger partial charge in [0.15, 0.2) is 0 Å². The van der Waals surface area contributed by atoms with Gasteiger partial charge in [0, 0.05) is 0 Å². The zero-order chi connectivity index (χ0) is 7.56. The average Bonchev–Trinajstić information content (AvgIpc) is 1.85. The lowest BCUT2D eigenvalue weighted by Crippen LogP contribution is -1.88. The van der Waals surface area contributed by atoms with Crippen molar-refractivity contribution in [3.8, 4) is 12.3 Å². The number of aryl methyl sites for hydroxylation is 1. The van der Waals surface area contributed by atoms with E-state index in [9.17, 15) is 4.39 Å². The Labute approximate surface area is 58.9 Å². The molecular formula is C8H6FN. The first kappa shape index (κ1) is 6.76. The zero-order valence-corrected chi connectivity index (χ0v) is 5.56. The van der Waals surface area contributed by atoms with Crippen LogP contribution in [-0.2, 0) is 0 Å². The molecule has 0 saturated carbocycles. The Balaban J connectivity index is 3.22. The third-order valence-corrected chi connectivity index (χ3v) is 1.09. The van der Waals surface area contributed by atoms with Gasteiger partial charge in [-0.2, -0.15) is 4.39 Å². The summed E-state index contributed by atoms with van der Waals surface area (Å²) < 4.78 is 12.4. The van der Waals surface area contributed by atoms with Crippen LogP contribution in [0.1, 0.15) is 11.3 Å². The van der Waals surface area contributed by atoms with Crippen molar-refractivity contribution in [3.63, 3.8) is 0 Å². The summed E-state index contributed by atoms with van der Waals surface area (Å²) in [6.07, 6.45) is 5.01. The molecule has 0 spiro atoms. The Morgan fingerprint density at radius 1 is 1.60 bits per heavy atom. The molecule has 1 nitrogen and oxygen atoms in total. The lowest BCUT2D eigenvalue weighted by atomic mass is 10.2. The third-order valence-electron chi connectivity index (χ3n) is 1.09. The second-order valence-electron chi connectivity index (χ2n) is 2.00. The minimum atomic E-state index is -0.520. The van der Waals surface area contributed by atoms with Crippen LogP contribution < -0.4 is 0 Å². The van der Waals surface area contributed by atoms with Crippen molar-refractivity contribution >= 4 is 0 Å². The first-order chi connectivity index (χ1) is 4.72. The van der Waals surface area contributed by atoms with E-state index in [1.807, 2.05) is 0 Å². The molecule has 1 heterocycles. The fourth-order valence-electron chi connectivity index (χ4n) is 0.699. The lowest BCUT2D eigenvalue weighted by Gasteiger charge is -1.92. The first-order valence-electron chi connectivity index (χ1n) is 2.83. The molecule has 0 bridgehead atoms. The Morgan fingerprint density at radius 2 is 2.30 bits per heavy atom. The lowest BCUT2D eigenvalue weighted by molar-refractivity contribution is 0.581. The molecule has 0 aliphatic heterocycles. The number of halogens is 1. The monoisotopic (exact) mass is 135 g/mol. The van der Waals surface area contributed by atoms with E-state index in [2.05, 4.69) is 10.9 Å². The molecule has 50 valence electrons. The van der Waals surface area contributed by atoms with E-state index in [4.69, 9.17) is 6.42 Å². The van der Waals surface area contributed by atoms with E-state index in [1.165, 1.54) is 6.07 Å². The molecular weight excluding hydrogens is 129 g/mol. The van der Waals surface area contributed by atoms with Crippen LogP contribution in [0.5, 0.6) is 0 Å². The van der Waals surface area contributed by atoms with Crippen LogP contribution in [0.4, 0.5) is 4.39 Å². The Bertz CT molecular complexity index is 266. The maximum atomic E-state index is 12.4. The summed E-state index contributed by atoms with van der Waals surface area (Å²) in [5.74, 6) is 1.74. The normalized spacial score (nSPS) is 8.90. The number of nitrogens with zero attached hydrogens (tertiary/aromatic N) is 1. The van der Waals surface area contributed by atoms with E-state index in [0.29, 0.717) is 5.69 Å². The molecule has 0 atom stereocenters. The quantitative estimate of drug-likeness (QED) is 0.388. The van der Waals surface area contributed by atoms with Crippen molar-refractivity contribution in [2.45, 2.75) is 6.92 Å². The van der Waals surface area contributed by atoms with Gasteiger partial charge in [0.2, 0.25) is 5.95 Å². The molecule has 1 aromatic rings.